The van der Waals surface area contributed by atoms with Gasteiger partial charge in [-0.2, -0.15) is 0 Å². The molecule has 2 fully saturated rings. The minimum absolute atomic E-state index is 0.00306. The Balaban J connectivity index is 1.35. The van der Waals surface area contributed by atoms with Crippen LogP contribution in [0.1, 0.15) is 29.6 Å². The van der Waals surface area contributed by atoms with Crippen LogP contribution in [-0.2, 0) is 9.53 Å². The summed E-state index contributed by atoms with van der Waals surface area (Å²) in [5.41, 5.74) is 0.659. The molecule has 0 atom stereocenters. The SMILES string of the molecule is COc1ccc(C(=O)N2CCC(C(=O)NCCCN3CCOCC3)CC2)cc1. The quantitative estimate of drug-likeness (QED) is 0.714. The van der Waals surface area contributed by atoms with Gasteiger partial charge in [0.05, 0.1) is 20.3 Å². The highest BCUT2D eigenvalue weighted by Crippen LogP contribution is 2.20. The first kappa shape index (κ1) is 20.6. The van der Waals surface area contributed by atoms with E-state index in [2.05, 4.69) is 10.2 Å². The Morgan fingerprint density at radius 3 is 2.43 bits per heavy atom. The van der Waals surface area contributed by atoms with Gasteiger partial charge in [0.1, 0.15) is 5.75 Å². The first-order valence-corrected chi connectivity index (χ1v) is 10.2. The topological polar surface area (TPSA) is 71.1 Å². The van der Waals surface area contributed by atoms with E-state index < -0.39 is 0 Å². The molecule has 2 amide bonds. The molecule has 1 aromatic rings. The average molecular weight is 389 g/mol. The van der Waals surface area contributed by atoms with Gasteiger partial charge in [-0.3, -0.25) is 14.5 Å². The monoisotopic (exact) mass is 389 g/mol. The molecule has 2 aliphatic rings. The lowest BCUT2D eigenvalue weighted by Gasteiger charge is -2.31. The molecular formula is C21H31N3O4. The molecular weight excluding hydrogens is 358 g/mol. The molecule has 2 saturated heterocycles. The molecule has 0 bridgehead atoms. The van der Waals surface area contributed by atoms with E-state index in [9.17, 15) is 9.59 Å². The van der Waals surface area contributed by atoms with Crippen LogP contribution in [0.3, 0.4) is 0 Å². The Hall–Kier alpha value is -2.12. The molecule has 154 valence electrons. The lowest BCUT2D eigenvalue weighted by molar-refractivity contribution is -0.126. The Labute approximate surface area is 167 Å². The highest BCUT2D eigenvalue weighted by molar-refractivity contribution is 5.94. The second kappa shape index (κ2) is 10.4. The lowest BCUT2D eigenvalue weighted by atomic mass is 9.95. The highest BCUT2D eigenvalue weighted by atomic mass is 16.5. The first-order chi connectivity index (χ1) is 13.7. The number of likely N-dealkylation sites (tertiary alicyclic amines) is 1. The maximum atomic E-state index is 12.6. The predicted molar refractivity (Wildman–Crippen MR) is 107 cm³/mol. The number of piperidine rings is 1. The van der Waals surface area contributed by atoms with Crippen molar-refractivity contribution in [1.29, 1.82) is 0 Å². The minimum atomic E-state index is 0.00306. The largest absolute Gasteiger partial charge is 0.497 e. The Kier molecular flexibility index (Phi) is 7.68. The molecule has 0 radical (unpaired) electrons. The number of methoxy groups -OCH3 is 1. The van der Waals surface area contributed by atoms with E-state index in [-0.39, 0.29) is 17.7 Å². The van der Waals surface area contributed by atoms with E-state index in [1.54, 1.807) is 31.4 Å². The van der Waals surface area contributed by atoms with Crippen LogP contribution in [-0.4, -0.2) is 81.2 Å². The molecule has 1 aromatic carbocycles. The van der Waals surface area contributed by atoms with E-state index >= 15 is 0 Å². The van der Waals surface area contributed by atoms with Crippen molar-refractivity contribution in [2.24, 2.45) is 5.92 Å². The Morgan fingerprint density at radius 2 is 1.79 bits per heavy atom. The molecule has 7 heteroatoms. The third kappa shape index (κ3) is 5.69. The van der Waals surface area contributed by atoms with Gasteiger partial charge >= 0.3 is 0 Å². The van der Waals surface area contributed by atoms with E-state index in [1.165, 1.54) is 0 Å². The third-order valence-corrected chi connectivity index (χ3v) is 5.54. The Bertz CT molecular complexity index is 636. The highest BCUT2D eigenvalue weighted by Gasteiger charge is 2.27. The van der Waals surface area contributed by atoms with Crippen molar-refractivity contribution in [2.75, 3.05) is 59.6 Å². The third-order valence-electron chi connectivity index (χ3n) is 5.54. The van der Waals surface area contributed by atoms with Crippen LogP contribution in [0.2, 0.25) is 0 Å². The molecule has 28 heavy (non-hydrogen) atoms. The summed E-state index contributed by atoms with van der Waals surface area (Å²) < 4.78 is 10.5. The van der Waals surface area contributed by atoms with Crippen LogP contribution >= 0.6 is 0 Å². The summed E-state index contributed by atoms with van der Waals surface area (Å²) in [4.78, 5) is 29.2. The standard InChI is InChI=1S/C21H31N3O4/c1-27-19-5-3-18(4-6-19)21(26)24-11-7-17(8-12-24)20(25)22-9-2-10-23-13-15-28-16-14-23/h3-6,17H,2,7-16H2,1H3,(H,22,25). The molecule has 0 unspecified atom stereocenters. The number of amides is 2. The number of ether oxygens (including phenoxy) is 2. The van der Waals surface area contributed by atoms with Crippen molar-refractivity contribution >= 4 is 11.8 Å². The smallest absolute Gasteiger partial charge is 0.253 e. The summed E-state index contributed by atoms with van der Waals surface area (Å²) in [6.45, 7) is 6.52. The number of nitrogens with one attached hydrogen (secondary N) is 1. The summed E-state index contributed by atoms with van der Waals surface area (Å²) in [7, 11) is 1.61. The average Bonchev–Trinajstić information content (AvgIpc) is 2.77. The van der Waals surface area contributed by atoms with Gasteiger partial charge in [0, 0.05) is 44.2 Å². The summed E-state index contributed by atoms with van der Waals surface area (Å²) in [5.74, 6) is 0.884. The first-order valence-electron chi connectivity index (χ1n) is 10.2. The van der Waals surface area contributed by atoms with Crippen LogP contribution in [0.25, 0.3) is 0 Å². The molecule has 0 spiro atoms. The van der Waals surface area contributed by atoms with Gasteiger partial charge in [0.25, 0.3) is 5.91 Å². The van der Waals surface area contributed by atoms with Crippen LogP contribution in [0.15, 0.2) is 24.3 Å². The van der Waals surface area contributed by atoms with Crippen LogP contribution < -0.4 is 10.1 Å². The van der Waals surface area contributed by atoms with Crippen LogP contribution in [0.4, 0.5) is 0 Å². The van der Waals surface area contributed by atoms with Crippen molar-refractivity contribution in [3.8, 4) is 5.75 Å². The number of rotatable bonds is 7. The molecule has 7 nitrogen and oxygen atoms in total. The molecule has 2 aliphatic heterocycles. The fourth-order valence-electron chi connectivity index (χ4n) is 3.74. The second-order valence-corrected chi connectivity index (χ2v) is 7.39. The molecule has 1 N–H and O–H groups in total. The zero-order valence-electron chi connectivity index (χ0n) is 16.7. The van der Waals surface area contributed by atoms with Crippen LogP contribution in [0, 0.1) is 5.92 Å². The van der Waals surface area contributed by atoms with Gasteiger partial charge in [-0.1, -0.05) is 0 Å². The maximum absolute atomic E-state index is 12.6. The van der Waals surface area contributed by atoms with Gasteiger partial charge in [-0.05, 0) is 50.1 Å². The van der Waals surface area contributed by atoms with Crippen molar-refractivity contribution < 1.29 is 19.1 Å². The van der Waals surface area contributed by atoms with Crippen molar-refractivity contribution in [3.63, 3.8) is 0 Å². The van der Waals surface area contributed by atoms with Crippen molar-refractivity contribution in [1.82, 2.24) is 15.1 Å². The van der Waals surface area contributed by atoms with Crippen LogP contribution in [0.5, 0.6) is 5.75 Å². The molecule has 2 heterocycles. The number of carbonyl (C=O) groups excluding carboxylic acids is 2. The maximum Gasteiger partial charge on any atom is 0.253 e. The predicted octanol–water partition coefficient (Wildman–Crippen LogP) is 1.39. The normalized spacial score (nSPS) is 18.7. The van der Waals surface area contributed by atoms with Crippen molar-refractivity contribution in [3.05, 3.63) is 29.8 Å². The summed E-state index contributed by atoms with van der Waals surface area (Å²) in [6, 6.07) is 7.16. The van der Waals surface area contributed by atoms with Gasteiger partial charge in [0.2, 0.25) is 5.91 Å². The van der Waals surface area contributed by atoms with Gasteiger partial charge in [-0.25, -0.2) is 0 Å². The number of benzene rings is 1. The molecule has 3 rings (SSSR count). The van der Waals surface area contributed by atoms with Crippen molar-refractivity contribution in [2.45, 2.75) is 19.3 Å². The Morgan fingerprint density at radius 1 is 1.11 bits per heavy atom. The molecule has 0 saturated carbocycles. The second-order valence-electron chi connectivity index (χ2n) is 7.39. The molecule has 0 aromatic heterocycles. The number of hydrogen-bond donors (Lipinski definition) is 1. The summed E-state index contributed by atoms with van der Waals surface area (Å²) >= 11 is 0. The van der Waals surface area contributed by atoms with E-state index in [4.69, 9.17) is 9.47 Å². The number of hydrogen-bond acceptors (Lipinski definition) is 5. The zero-order chi connectivity index (χ0) is 19.8. The van der Waals surface area contributed by atoms with E-state index in [0.29, 0.717) is 25.2 Å². The lowest BCUT2D eigenvalue weighted by Crippen LogP contribution is -2.43. The number of nitrogens with zero attached hydrogens (tertiary/aromatic N) is 2. The van der Waals surface area contributed by atoms with E-state index in [0.717, 1.165) is 57.9 Å². The number of carbonyl (C=O) groups is 2. The number of morpholine rings is 1. The summed E-state index contributed by atoms with van der Waals surface area (Å²) in [6.07, 6.45) is 2.40. The zero-order valence-corrected chi connectivity index (χ0v) is 16.7. The van der Waals surface area contributed by atoms with Gasteiger partial charge in [-0.15, -0.1) is 0 Å². The summed E-state index contributed by atoms with van der Waals surface area (Å²) in [5, 5.41) is 3.07. The van der Waals surface area contributed by atoms with Gasteiger partial charge in [0.15, 0.2) is 0 Å². The molecule has 0 aliphatic carbocycles. The van der Waals surface area contributed by atoms with E-state index in [1.807, 2.05) is 4.90 Å². The fraction of sp³-hybridized carbons (Fsp3) is 0.619. The van der Waals surface area contributed by atoms with Gasteiger partial charge < -0.3 is 19.7 Å². The fourth-order valence-corrected chi connectivity index (χ4v) is 3.74. The minimum Gasteiger partial charge on any atom is -0.497 e.